The Morgan fingerprint density at radius 1 is 1.17 bits per heavy atom. The van der Waals surface area contributed by atoms with Gasteiger partial charge in [0.2, 0.25) is 0 Å². The average molecular weight is 315 g/mol. The SMILES string of the molecule is Cc1nc2ccc(F)cc2nc1-n1ccc(N2CC[C@@H](F)C2)n1. The van der Waals surface area contributed by atoms with Gasteiger partial charge in [-0.25, -0.2) is 23.4 Å². The Morgan fingerprint density at radius 3 is 2.83 bits per heavy atom. The Kier molecular flexibility index (Phi) is 3.21. The fourth-order valence-electron chi connectivity index (χ4n) is 2.85. The van der Waals surface area contributed by atoms with Gasteiger partial charge in [0.1, 0.15) is 12.0 Å². The molecule has 1 saturated heterocycles. The predicted octanol–water partition coefficient (Wildman–Crippen LogP) is 2.81. The van der Waals surface area contributed by atoms with Gasteiger partial charge in [-0.3, -0.25) is 0 Å². The maximum Gasteiger partial charge on any atom is 0.175 e. The van der Waals surface area contributed by atoms with Crippen molar-refractivity contribution >= 4 is 16.9 Å². The normalized spacial score (nSPS) is 18.0. The molecule has 3 heterocycles. The van der Waals surface area contributed by atoms with E-state index < -0.39 is 6.17 Å². The summed E-state index contributed by atoms with van der Waals surface area (Å²) in [5.74, 6) is 0.907. The molecule has 1 aromatic carbocycles. The van der Waals surface area contributed by atoms with E-state index in [0.717, 1.165) is 0 Å². The lowest BCUT2D eigenvalue weighted by atomic mass is 10.3. The van der Waals surface area contributed by atoms with Crippen LogP contribution in [0.3, 0.4) is 0 Å². The van der Waals surface area contributed by atoms with Crippen molar-refractivity contribution in [1.29, 1.82) is 0 Å². The Balaban J connectivity index is 1.74. The molecule has 23 heavy (non-hydrogen) atoms. The van der Waals surface area contributed by atoms with E-state index in [1.807, 2.05) is 17.9 Å². The van der Waals surface area contributed by atoms with Crippen LogP contribution in [0, 0.1) is 12.7 Å². The van der Waals surface area contributed by atoms with Crippen molar-refractivity contribution in [3.63, 3.8) is 0 Å². The highest BCUT2D eigenvalue weighted by atomic mass is 19.1. The van der Waals surface area contributed by atoms with E-state index in [1.165, 1.54) is 12.1 Å². The molecule has 1 fully saturated rings. The van der Waals surface area contributed by atoms with E-state index in [0.29, 0.717) is 47.9 Å². The summed E-state index contributed by atoms with van der Waals surface area (Å²) in [7, 11) is 0. The molecule has 0 bridgehead atoms. The van der Waals surface area contributed by atoms with E-state index >= 15 is 0 Å². The topological polar surface area (TPSA) is 46.8 Å². The van der Waals surface area contributed by atoms with Crippen LogP contribution in [-0.4, -0.2) is 39.0 Å². The molecular weight excluding hydrogens is 300 g/mol. The highest BCUT2D eigenvalue weighted by Crippen LogP contribution is 2.22. The molecule has 5 nitrogen and oxygen atoms in total. The quantitative estimate of drug-likeness (QED) is 0.729. The molecule has 0 radical (unpaired) electrons. The van der Waals surface area contributed by atoms with Crippen molar-refractivity contribution in [3.05, 3.63) is 42.0 Å². The number of aromatic nitrogens is 4. The van der Waals surface area contributed by atoms with Crippen LogP contribution in [0.5, 0.6) is 0 Å². The zero-order valence-corrected chi connectivity index (χ0v) is 12.6. The van der Waals surface area contributed by atoms with Gasteiger partial charge < -0.3 is 4.90 Å². The van der Waals surface area contributed by atoms with Crippen LogP contribution in [-0.2, 0) is 0 Å². The summed E-state index contributed by atoms with van der Waals surface area (Å²) in [6.07, 6.45) is 1.49. The minimum absolute atomic E-state index is 0.353. The first-order valence-electron chi connectivity index (χ1n) is 7.49. The molecule has 0 saturated carbocycles. The van der Waals surface area contributed by atoms with Crippen LogP contribution in [0.25, 0.3) is 16.9 Å². The Morgan fingerprint density at radius 2 is 2.04 bits per heavy atom. The number of fused-ring (bicyclic) bond motifs is 1. The lowest BCUT2D eigenvalue weighted by molar-refractivity contribution is 0.364. The van der Waals surface area contributed by atoms with Gasteiger partial charge in [-0.1, -0.05) is 0 Å². The molecule has 0 N–H and O–H groups in total. The molecule has 3 aromatic rings. The van der Waals surface area contributed by atoms with Crippen LogP contribution in [0.2, 0.25) is 0 Å². The highest BCUT2D eigenvalue weighted by molar-refractivity contribution is 5.75. The van der Waals surface area contributed by atoms with E-state index in [9.17, 15) is 8.78 Å². The molecular formula is C16H15F2N5. The molecule has 118 valence electrons. The first kappa shape index (κ1) is 14.0. The first-order chi connectivity index (χ1) is 11.1. The summed E-state index contributed by atoms with van der Waals surface area (Å²) in [5.41, 5.74) is 1.82. The van der Waals surface area contributed by atoms with Crippen LogP contribution < -0.4 is 4.90 Å². The second-order valence-electron chi connectivity index (χ2n) is 5.72. The van der Waals surface area contributed by atoms with Crippen molar-refractivity contribution < 1.29 is 8.78 Å². The van der Waals surface area contributed by atoms with E-state index in [4.69, 9.17) is 0 Å². The minimum atomic E-state index is -0.801. The second kappa shape index (κ2) is 5.26. The first-order valence-corrected chi connectivity index (χ1v) is 7.49. The summed E-state index contributed by atoms with van der Waals surface area (Å²) in [6, 6.07) is 6.15. The van der Waals surface area contributed by atoms with Crippen molar-refractivity contribution in [2.75, 3.05) is 18.0 Å². The molecule has 7 heteroatoms. The highest BCUT2D eigenvalue weighted by Gasteiger charge is 2.23. The molecule has 1 aliphatic heterocycles. The Labute approximate surface area is 131 Å². The monoisotopic (exact) mass is 315 g/mol. The number of anilines is 1. The van der Waals surface area contributed by atoms with Crippen LogP contribution >= 0.6 is 0 Å². The van der Waals surface area contributed by atoms with Crippen LogP contribution in [0.1, 0.15) is 12.1 Å². The smallest absolute Gasteiger partial charge is 0.175 e. The zero-order valence-electron chi connectivity index (χ0n) is 12.6. The van der Waals surface area contributed by atoms with Gasteiger partial charge in [-0.15, -0.1) is 5.10 Å². The van der Waals surface area contributed by atoms with Crippen molar-refractivity contribution in [2.45, 2.75) is 19.5 Å². The summed E-state index contributed by atoms with van der Waals surface area (Å²) in [4.78, 5) is 10.8. The van der Waals surface area contributed by atoms with Gasteiger partial charge in [0, 0.05) is 24.9 Å². The lowest BCUT2D eigenvalue weighted by Gasteiger charge is -2.13. The fourth-order valence-corrected chi connectivity index (χ4v) is 2.85. The Hall–Kier alpha value is -2.57. The van der Waals surface area contributed by atoms with E-state index in [-0.39, 0.29) is 5.82 Å². The zero-order chi connectivity index (χ0) is 16.0. The molecule has 0 amide bonds. The molecule has 1 atom stereocenters. The molecule has 4 rings (SSSR count). The summed E-state index contributed by atoms with van der Waals surface area (Å²) in [5, 5.41) is 4.47. The summed E-state index contributed by atoms with van der Waals surface area (Å²) < 4.78 is 28.3. The molecule has 2 aromatic heterocycles. The van der Waals surface area contributed by atoms with Crippen LogP contribution in [0.4, 0.5) is 14.6 Å². The van der Waals surface area contributed by atoms with E-state index in [1.54, 1.807) is 16.9 Å². The lowest BCUT2D eigenvalue weighted by Crippen LogP contribution is -2.20. The maximum atomic E-state index is 13.4. The molecule has 0 spiro atoms. The van der Waals surface area contributed by atoms with Gasteiger partial charge in [0.05, 0.1) is 23.3 Å². The van der Waals surface area contributed by atoms with Gasteiger partial charge in [0.15, 0.2) is 11.6 Å². The number of nitrogens with zero attached hydrogens (tertiary/aromatic N) is 5. The number of halogens is 2. The average Bonchev–Trinajstić information content (AvgIpc) is 3.16. The standard InChI is InChI=1S/C16H15F2N5/c1-10-16(20-14-8-11(17)2-3-13(14)19-10)23-7-5-15(21-23)22-6-4-12(18)9-22/h2-3,5,7-8,12H,4,6,9H2,1H3/t12-/m1/s1. The third-order valence-corrected chi connectivity index (χ3v) is 4.02. The van der Waals surface area contributed by atoms with Gasteiger partial charge in [-0.05, 0) is 25.5 Å². The van der Waals surface area contributed by atoms with Gasteiger partial charge >= 0.3 is 0 Å². The number of hydrogen-bond donors (Lipinski definition) is 0. The number of benzene rings is 1. The number of hydrogen-bond acceptors (Lipinski definition) is 4. The predicted molar refractivity (Wildman–Crippen MR) is 83.1 cm³/mol. The van der Waals surface area contributed by atoms with Crippen molar-refractivity contribution in [2.24, 2.45) is 0 Å². The third-order valence-electron chi connectivity index (χ3n) is 4.02. The molecule has 0 unspecified atom stereocenters. The summed E-state index contributed by atoms with van der Waals surface area (Å²) >= 11 is 0. The minimum Gasteiger partial charge on any atom is -0.352 e. The van der Waals surface area contributed by atoms with Crippen molar-refractivity contribution in [3.8, 4) is 5.82 Å². The fraction of sp³-hybridized carbons (Fsp3) is 0.312. The van der Waals surface area contributed by atoms with Crippen molar-refractivity contribution in [1.82, 2.24) is 19.7 Å². The Bertz CT molecular complexity index is 876. The van der Waals surface area contributed by atoms with E-state index in [2.05, 4.69) is 15.1 Å². The largest absolute Gasteiger partial charge is 0.352 e. The number of alkyl halides is 1. The second-order valence-corrected chi connectivity index (χ2v) is 5.72. The number of aryl methyl sites for hydroxylation is 1. The van der Waals surface area contributed by atoms with Gasteiger partial charge in [0.25, 0.3) is 0 Å². The summed E-state index contributed by atoms with van der Waals surface area (Å²) in [6.45, 7) is 2.86. The molecule has 1 aliphatic rings. The number of rotatable bonds is 2. The van der Waals surface area contributed by atoms with Crippen LogP contribution in [0.15, 0.2) is 30.5 Å². The third kappa shape index (κ3) is 2.52. The maximum absolute atomic E-state index is 13.4. The molecule has 0 aliphatic carbocycles. The van der Waals surface area contributed by atoms with Gasteiger partial charge in [-0.2, -0.15) is 0 Å².